The Bertz CT molecular complexity index is 529. The van der Waals surface area contributed by atoms with Gasteiger partial charge < -0.3 is 4.74 Å². The van der Waals surface area contributed by atoms with Gasteiger partial charge in [-0.25, -0.2) is 0 Å². The Morgan fingerprint density at radius 2 is 1.91 bits per heavy atom. The molecule has 2 atom stereocenters. The lowest BCUT2D eigenvalue weighted by Gasteiger charge is -2.37. The number of hydrogen-bond acceptors (Lipinski definition) is 3. The predicted octanol–water partition coefficient (Wildman–Crippen LogP) is 4.10. The van der Waals surface area contributed by atoms with E-state index in [-0.39, 0.29) is 6.10 Å². The van der Waals surface area contributed by atoms with Gasteiger partial charge in [0.05, 0.1) is 19.3 Å². The van der Waals surface area contributed by atoms with Gasteiger partial charge in [0.25, 0.3) is 0 Å². The second-order valence-corrected chi connectivity index (χ2v) is 6.98. The van der Waals surface area contributed by atoms with Crippen LogP contribution in [-0.4, -0.2) is 35.9 Å². The summed E-state index contributed by atoms with van der Waals surface area (Å²) in [6.07, 6.45) is 5.37. The zero-order valence-corrected chi connectivity index (χ0v) is 14.1. The van der Waals surface area contributed by atoms with Crippen LogP contribution in [0.25, 0.3) is 0 Å². The number of carbonyl (C=O) groups excluding carboxylic acids is 1. The summed E-state index contributed by atoms with van der Waals surface area (Å²) >= 11 is 12.4. The van der Waals surface area contributed by atoms with E-state index in [1.165, 1.54) is 12.8 Å². The van der Waals surface area contributed by atoms with Crippen molar-refractivity contribution in [3.05, 3.63) is 33.8 Å². The number of hydrogen-bond donors (Lipinski definition) is 0. The maximum Gasteiger partial charge on any atom is 0.148 e. The quantitative estimate of drug-likeness (QED) is 0.825. The third-order valence-electron chi connectivity index (χ3n) is 4.70. The van der Waals surface area contributed by atoms with Gasteiger partial charge in [-0.3, -0.25) is 9.69 Å². The van der Waals surface area contributed by atoms with E-state index in [9.17, 15) is 4.79 Å². The lowest BCUT2D eigenvalue weighted by Crippen LogP contribution is -2.45. The van der Waals surface area contributed by atoms with Crippen LogP contribution in [0.1, 0.15) is 37.7 Å². The van der Waals surface area contributed by atoms with Crippen LogP contribution in [0.4, 0.5) is 0 Å². The molecule has 120 valence electrons. The van der Waals surface area contributed by atoms with Gasteiger partial charge in [0.1, 0.15) is 5.78 Å². The Labute approximate surface area is 141 Å². The summed E-state index contributed by atoms with van der Waals surface area (Å²) in [5.41, 5.74) is 0.854. The highest BCUT2D eigenvalue weighted by atomic mass is 35.5. The van der Waals surface area contributed by atoms with Gasteiger partial charge in [-0.1, -0.05) is 42.1 Å². The fourth-order valence-electron chi connectivity index (χ4n) is 3.49. The van der Waals surface area contributed by atoms with Crippen molar-refractivity contribution < 1.29 is 9.53 Å². The average Bonchev–Trinajstić information content (AvgIpc) is 2.93. The Balaban J connectivity index is 1.65. The van der Waals surface area contributed by atoms with Crippen molar-refractivity contribution >= 4 is 29.0 Å². The molecule has 0 amide bonds. The molecule has 5 heteroatoms. The van der Waals surface area contributed by atoms with Crippen LogP contribution < -0.4 is 0 Å². The SMILES string of the molecule is O=C1CCN([C@@H]2CCCC[C@H]2OCc2c(Cl)cccc2Cl)C1. The average molecular weight is 342 g/mol. The summed E-state index contributed by atoms with van der Waals surface area (Å²) in [6, 6.07) is 5.86. The van der Waals surface area contributed by atoms with E-state index in [4.69, 9.17) is 27.9 Å². The smallest absolute Gasteiger partial charge is 0.148 e. The number of rotatable bonds is 4. The van der Waals surface area contributed by atoms with E-state index >= 15 is 0 Å². The maximum atomic E-state index is 11.6. The van der Waals surface area contributed by atoms with Gasteiger partial charge in [-0.05, 0) is 25.0 Å². The van der Waals surface area contributed by atoms with E-state index in [1.807, 2.05) is 18.2 Å². The van der Waals surface area contributed by atoms with Gasteiger partial charge in [0.2, 0.25) is 0 Å². The zero-order chi connectivity index (χ0) is 15.5. The van der Waals surface area contributed by atoms with Crippen molar-refractivity contribution in [3.63, 3.8) is 0 Å². The van der Waals surface area contributed by atoms with E-state index in [1.54, 1.807) is 0 Å². The number of likely N-dealkylation sites (tertiary alicyclic amines) is 1. The molecule has 3 rings (SSSR count). The highest BCUT2D eigenvalue weighted by Gasteiger charge is 2.34. The van der Waals surface area contributed by atoms with Crippen LogP contribution >= 0.6 is 23.2 Å². The Morgan fingerprint density at radius 3 is 2.59 bits per heavy atom. The Kier molecular flexibility index (Phi) is 5.40. The molecular formula is C17H21Cl2NO2. The van der Waals surface area contributed by atoms with Crippen molar-refractivity contribution in [2.24, 2.45) is 0 Å². The largest absolute Gasteiger partial charge is 0.372 e. The lowest BCUT2D eigenvalue weighted by molar-refractivity contribution is -0.117. The first-order valence-electron chi connectivity index (χ1n) is 7.95. The van der Waals surface area contributed by atoms with Gasteiger partial charge in [-0.2, -0.15) is 0 Å². The number of Topliss-reactive ketones (excluding diaryl/α,β-unsaturated/α-hetero) is 1. The van der Waals surface area contributed by atoms with E-state index < -0.39 is 0 Å². The van der Waals surface area contributed by atoms with Crippen molar-refractivity contribution in [2.75, 3.05) is 13.1 Å². The molecule has 0 aromatic heterocycles. The summed E-state index contributed by atoms with van der Waals surface area (Å²) in [5.74, 6) is 0.346. The van der Waals surface area contributed by atoms with Crippen molar-refractivity contribution in [1.29, 1.82) is 0 Å². The lowest BCUT2D eigenvalue weighted by atomic mass is 9.91. The molecule has 1 saturated heterocycles. The molecule has 22 heavy (non-hydrogen) atoms. The number of carbonyl (C=O) groups is 1. The second kappa shape index (κ2) is 7.31. The van der Waals surface area contributed by atoms with E-state index in [0.717, 1.165) is 24.9 Å². The second-order valence-electron chi connectivity index (χ2n) is 6.16. The summed E-state index contributed by atoms with van der Waals surface area (Å²) in [6.45, 7) is 1.88. The highest BCUT2D eigenvalue weighted by molar-refractivity contribution is 6.35. The minimum atomic E-state index is 0.159. The molecular weight excluding hydrogens is 321 g/mol. The van der Waals surface area contributed by atoms with Crippen LogP contribution in [0.15, 0.2) is 18.2 Å². The van der Waals surface area contributed by atoms with Crippen LogP contribution in [0.5, 0.6) is 0 Å². The molecule has 0 bridgehead atoms. The molecule has 1 heterocycles. The van der Waals surface area contributed by atoms with E-state index in [0.29, 0.717) is 41.4 Å². The topological polar surface area (TPSA) is 29.5 Å². The molecule has 1 aliphatic carbocycles. The third kappa shape index (κ3) is 3.65. The molecule has 0 radical (unpaired) electrons. The fourth-order valence-corrected chi connectivity index (χ4v) is 3.99. The van der Waals surface area contributed by atoms with Crippen molar-refractivity contribution in [3.8, 4) is 0 Å². The van der Waals surface area contributed by atoms with Crippen LogP contribution in [0.2, 0.25) is 10.0 Å². The summed E-state index contributed by atoms with van der Waals surface area (Å²) in [7, 11) is 0. The molecule has 1 aromatic carbocycles. The molecule has 2 fully saturated rings. The molecule has 2 aliphatic rings. The summed E-state index contributed by atoms with van der Waals surface area (Å²) in [5, 5.41) is 1.30. The first-order chi connectivity index (χ1) is 10.6. The summed E-state index contributed by atoms with van der Waals surface area (Å²) in [4.78, 5) is 13.8. The van der Waals surface area contributed by atoms with Gasteiger partial charge in [-0.15, -0.1) is 0 Å². The molecule has 1 saturated carbocycles. The van der Waals surface area contributed by atoms with Gasteiger partial charge in [0, 0.05) is 34.6 Å². The summed E-state index contributed by atoms with van der Waals surface area (Å²) < 4.78 is 6.17. The first-order valence-corrected chi connectivity index (χ1v) is 8.71. The van der Waals surface area contributed by atoms with Crippen LogP contribution in [0, 0.1) is 0 Å². The molecule has 1 aromatic rings. The highest BCUT2D eigenvalue weighted by Crippen LogP contribution is 2.30. The van der Waals surface area contributed by atoms with Gasteiger partial charge >= 0.3 is 0 Å². The Hall–Kier alpha value is -0.610. The van der Waals surface area contributed by atoms with Crippen molar-refractivity contribution in [2.45, 2.75) is 50.9 Å². The maximum absolute atomic E-state index is 11.6. The monoisotopic (exact) mass is 341 g/mol. The normalized spacial score (nSPS) is 26.5. The number of halogens is 2. The molecule has 0 unspecified atom stereocenters. The third-order valence-corrected chi connectivity index (χ3v) is 5.41. The van der Waals surface area contributed by atoms with Gasteiger partial charge in [0.15, 0.2) is 0 Å². The standard InChI is InChI=1S/C17H21Cl2NO2/c18-14-4-3-5-15(19)13(14)11-22-17-7-2-1-6-16(17)20-9-8-12(21)10-20/h3-5,16-17H,1-2,6-11H2/t16-,17-/m1/s1. The number of nitrogens with zero attached hydrogens (tertiary/aromatic N) is 1. The zero-order valence-electron chi connectivity index (χ0n) is 12.6. The van der Waals surface area contributed by atoms with Crippen LogP contribution in [-0.2, 0) is 16.1 Å². The molecule has 0 spiro atoms. The van der Waals surface area contributed by atoms with Crippen LogP contribution in [0.3, 0.4) is 0 Å². The number of ether oxygens (including phenoxy) is 1. The first kappa shape index (κ1) is 16.3. The molecule has 1 aliphatic heterocycles. The predicted molar refractivity (Wildman–Crippen MR) is 88.5 cm³/mol. The molecule has 0 N–H and O–H groups in total. The Morgan fingerprint density at radius 1 is 1.18 bits per heavy atom. The minimum Gasteiger partial charge on any atom is -0.372 e. The van der Waals surface area contributed by atoms with E-state index in [2.05, 4.69) is 4.90 Å². The molecule has 3 nitrogen and oxygen atoms in total. The number of benzene rings is 1. The number of ketones is 1. The van der Waals surface area contributed by atoms with Crippen molar-refractivity contribution in [1.82, 2.24) is 4.90 Å². The fraction of sp³-hybridized carbons (Fsp3) is 0.588. The minimum absolute atomic E-state index is 0.159.